The number of benzene rings is 1. The number of carbonyl (C=O) groups is 2. The maximum absolute atomic E-state index is 11.6. The summed E-state index contributed by atoms with van der Waals surface area (Å²) in [6.07, 6.45) is 1.73. The van der Waals surface area contributed by atoms with Gasteiger partial charge in [-0.05, 0) is 18.1 Å². The Hall–Kier alpha value is -1.64. The second kappa shape index (κ2) is 6.05. The van der Waals surface area contributed by atoms with E-state index in [4.69, 9.17) is 4.74 Å². The molecule has 0 spiro atoms. The van der Waals surface area contributed by atoms with Crippen LogP contribution in [0.15, 0.2) is 24.3 Å². The number of aldehydes is 1. The van der Waals surface area contributed by atoms with Gasteiger partial charge in [-0.25, -0.2) is 4.79 Å². The van der Waals surface area contributed by atoms with Gasteiger partial charge in [0, 0.05) is 5.56 Å². The van der Waals surface area contributed by atoms with Gasteiger partial charge in [0.25, 0.3) is 0 Å². The molecular weight excluding hydrogens is 204 g/mol. The van der Waals surface area contributed by atoms with Crippen molar-refractivity contribution in [1.82, 2.24) is 0 Å². The summed E-state index contributed by atoms with van der Waals surface area (Å²) in [5.41, 5.74) is 1.03. The second-order valence-corrected chi connectivity index (χ2v) is 3.85. The molecule has 1 rings (SSSR count). The fourth-order valence-electron chi connectivity index (χ4n) is 1.12. The van der Waals surface area contributed by atoms with E-state index in [0.717, 1.165) is 12.7 Å². The van der Waals surface area contributed by atoms with Gasteiger partial charge >= 0.3 is 5.97 Å². The lowest BCUT2D eigenvalue weighted by atomic mass is 10.1. The van der Waals surface area contributed by atoms with Crippen LogP contribution in [0.2, 0.25) is 0 Å². The minimum absolute atomic E-state index is 0.335. The summed E-state index contributed by atoms with van der Waals surface area (Å²) >= 11 is 0. The molecule has 0 heterocycles. The lowest BCUT2D eigenvalue weighted by Crippen LogP contribution is -2.11. The lowest BCUT2D eigenvalue weighted by Gasteiger charge is -2.09. The van der Waals surface area contributed by atoms with Crippen LogP contribution in [0.1, 0.15) is 41.0 Å². The molecule has 0 fully saturated rings. The Bertz CT molecular complexity index is 354. The fraction of sp³-hybridized carbons (Fsp3) is 0.385. The minimum atomic E-state index is -0.335. The number of hydrogen-bond acceptors (Lipinski definition) is 3. The van der Waals surface area contributed by atoms with Gasteiger partial charge in [0.05, 0.1) is 12.2 Å². The van der Waals surface area contributed by atoms with E-state index in [0.29, 0.717) is 23.7 Å². The molecule has 0 saturated heterocycles. The Balaban J connectivity index is 2.56. The molecule has 0 aliphatic carbocycles. The molecule has 0 aromatic heterocycles. The molecule has 0 N–H and O–H groups in total. The summed E-state index contributed by atoms with van der Waals surface area (Å²) < 4.78 is 5.13. The first-order chi connectivity index (χ1) is 7.67. The topological polar surface area (TPSA) is 43.4 Å². The smallest absolute Gasteiger partial charge is 0.338 e. The summed E-state index contributed by atoms with van der Waals surface area (Å²) in [4.78, 5) is 22.0. The van der Waals surface area contributed by atoms with E-state index in [2.05, 4.69) is 6.92 Å². The Morgan fingerprint density at radius 2 is 2.00 bits per heavy atom. The predicted octanol–water partition coefficient (Wildman–Crippen LogP) is 2.70. The number of rotatable bonds is 5. The third-order valence-electron chi connectivity index (χ3n) is 2.48. The van der Waals surface area contributed by atoms with Gasteiger partial charge in [0.15, 0.2) is 0 Å². The number of hydrogen-bond donors (Lipinski definition) is 0. The van der Waals surface area contributed by atoms with Crippen LogP contribution in [0.5, 0.6) is 0 Å². The Kier molecular flexibility index (Phi) is 4.70. The van der Waals surface area contributed by atoms with Gasteiger partial charge in [-0.3, -0.25) is 4.79 Å². The van der Waals surface area contributed by atoms with Gasteiger partial charge in [0.2, 0.25) is 0 Å². The van der Waals surface area contributed by atoms with Gasteiger partial charge in [-0.2, -0.15) is 0 Å². The summed E-state index contributed by atoms with van der Waals surface area (Å²) in [7, 11) is 0. The molecule has 0 unspecified atom stereocenters. The molecule has 0 saturated carbocycles. The molecule has 1 aromatic carbocycles. The average molecular weight is 220 g/mol. The van der Waals surface area contributed by atoms with Crippen molar-refractivity contribution in [3.63, 3.8) is 0 Å². The molecule has 16 heavy (non-hydrogen) atoms. The normalized spacial score (nSPS) is 11.9. The zero-order valence-corrected chi connectivity index (χ0v) is 9.60. The lowest BCUT2D eigenvalue weighted by molar-refractivity contribution is 0.0447. The molecule has 0 amide bonds. The standard InChI is InChI=1S/C13H16O3/c1-3-10(2)9-16-13(15)12-6-4-11(8-14)5-7-12/h4-8,10H,3,9H2,1-2H3/t10-/m0/s1. The highest BCUT2D eigenvalue weighted by Crippen LogP contribution is 2.07. The first kappa shape index (κ1) is 12.4. The van der Waals surface area contributed by atoms with E-state index in [1.54, 1.807) is 24.3 Å². The average Bonchev–Trinajstić information content (AvgIpc) is 2.35. The van der Waals surface area contributed by atoms with Crippen molar-refractivity contribution in [3.05, 3.63) is 35.4 Å². The third kappa shape index (κ3) is 3.50. The van der Waals surface area contributed by atoms with E-state index in [9.17, 15) is 9.59 Å². The van der Waals surface area contributed by atoms with Crippen molar-refractivity contribution in [2.45, 2.75) is 20.3 Å². The molecule has 1 aromatic rings. The molecule has 1 atom stereocenters. The van der Waals surface area contributed by atoms with E-state index in [-0.39, 0.29) is 5.97 Å². The Morgan fingerprint density at radius 3 is 2.50 bits per heavy atom. The number of carbonyl (C=O) groups excluding carboxylic acids is 2. The highest BCUT2D eigenvalue weighted by atomic mass is 16.5. The van der Waals surface area contributed by atoms with Crippen molar-refractivity contribution in [3.8, 4) is 0 Å². The molecular formula is C13H16O3. The van der Waals surface area contributed by atoms with Crippen molar-refractivity contribution in [2.75, 3.05) is 6.61 Å². The Labute approximate surface area is 95.4 Å². The summed E-state index contributed by atoms with van der Waals surface area (Å²) in [6, 6.07) is 6.41. The molecule has 0 aliphatic rings. The van der Waals surface area contributed by atoms with Crippen LogP contribution in [0.4, 0.5) is 0 Å². The van der Waals surface area contributed by atoms with Crippen LogP contribution in [-0.2, 0) is 4.74 Å². The van der Waals surface area contributed by atoms with Gasteiger partial charge < -0.3 is 4.74 Å². The van der Waals surface area contributed by atoms with Crippen LogP contribution in [0.25, 0.3) is 0 Å². The van der Waals surface area contributed by atoms with E-state index in [1.165, 1.54) is 0 Å². The maximum Gasteiger partial charge on any atom is 0.338 e. The highest BCUT2D eigenvalue weighted by Gasteiger charge is 2.08. The van der Waals surface area contributed by atoms with Crippen LogP contribution in [-0.4, -0.2) is 18.9 Å². The largest absolute Gasteiger partial charge is 0.462 e. The SMILES string of the molecule is CC[C@H](C)COC(=O)c1ccc(C=O)cc1. The van der Waals surface area contributed by atoms with Crippen LogP contribution < -0.4 is 0 Å². The molecule has 86 valence electrons. The second-order valence-electron chi connectivity index (χ2n) is 3.85. The summed E-state index contributed by atoms with van der Waals surface area (Å²) in [5, 5.41) is 0. The van der Waals surface area contributed by atoms with Gasteiger partial charge in [0.1, 0.15) is 6.29 Å². The predicted molar refractivity (Wildman–Crippen MR) is 61.6 cm³/mol. The van der Waals surface area contributed by atoms with Crippen molar-refractivity contribution < 1.29 is 14.3 Å². The maximum atomic E-state index is 11.6. The third-order valence-corrected chi connectivity index (χ3v) is 2.48. The monoisotopic (exact) mass is 220 g/mol. The molecule has 0 bridgehead atoms. The number of esters is 1. The molecule has 0 aliphatic heterocycles. The molecule has 3 nitrogen and oxygen atoms in total. The fourth-order valence-corrected chi connectivity index (χ4v) is 1.12. The zero-order chi connectivity index (χ0) is 12.0. The molecule has 3 heteroatoms. The van der Waals surface area contributed by atoms with Crippen molar-refractivity contribution in [1.29, 1.82) is 0 Å². The van der Waals surface area contributed by atoms with E-state index in [1.807, 2.05) is 6.92 Å². The quantitative estimate of drug-likeness (QED) is 0.566. The summed E-state index contributed by atoms with van der Waals surface area (Å²) in [5.74, 6) is 0.0379. The van der Waals surface area contributed by atoms with E-state index < -0.39 is 0 Å². The molecule has 0 radical (unpaired) electrons. The van der Waals surface area contributed by atoms with E-state index >= 15 is 0 Å². The Morgan fingerprint density at radius 1 is 1.38 bits per heavy atom. The highest BCUT2D eigenvalue weighted by molar-refractivity contribution is 5.90. The summed E-state index contributed by atoms with van der Waals surface area (Å²) in [6.45, 7) is 4.52. The first-order valence-electron chi connectivity index (χ1n) is 5.39. The van der Waals surface area contributed by atoms with Crippen LogP contribution >= 0.6 is 0 Å². The van der Waals surface area contributed by atoms with Crippen LogP contribution in [0, 0.1) is 5.92 Å². The van der Waals surface area contributed by atoms with Crippen molar-refractivity contribution >= 4 is 12.3 Å². The zero-order valence-electron chi connectivity index (χ0n) is 9.60. The van der Waals surface area contributed by atoms with Crippen molar-refractivity contribution in [2.24, 2.45) is 5.92 Å². The first-order valence-corrected chi connectivity index (χ1v) is 5.39. The van der Waals surface area contributed by atoms with Gasteiger partial charge in [-0.15, -0.1) is 0 Å². The minimum Gasteiger partial charge on any atom is -0.462 e. The van der Waals surface area contributed by atoms with Crippen LogP contribution in [0.3, 0.4) is 0 Å². The number of ether oxygens (including phenoxy) is 1. The van der Waals surface area contributed by atoms with Gasteiger partial charge in [-0.1, -0.05) is 32.4 Å².